The maximum absolute atomic E-state index is 6.53. The molecule has 0 atom stereocenters. The van der Waals surface area contributed by atoms with E-state index in [2.05, 4.69) is 95.7 Å². The van der Waals surface area contributed by atoms with Crippen molar-refractivity contribution in [2.75, 3.05) is 6.61 Å². The van der Waals surface area contributed by atoms with Crippen molar-refractivity contribution < 1.29 is 4.52 Å². The summed E-state index contributed by atoms with van der Waals surface area (Å²) in [5.41, 5.74) is 4.34. The second-order valence-corrected chi connectivity index (χ2v) is 9.55. The number of benzene rings is 4. The molecule has 0 amide bonds. The zero-order valence-corrected chi connectivity index (χ0v) is 19.2. The van der Waals surface area contributed by atoms with Gasteiger partial charge < -0.3 is 4.52 Å². The highest BCUT2D eigenvalue weighted by Gasteiger charge is 2.16. The minimum absolute atomic E-state index is 0.575. The average molecular weight is 449 g/mol. The largest absolute Gasteiger partial charge is 0.348 e. The van der Waals surface area contributed by atoms with Crippen LogP contribution in [0.25, 0.3) is 22.5 Å². The Hall–Kier alpha value is -3.52. The zero-order chi connectivity index (χ0) is 22.3. The summed E-state index contributed by atoms with van der Waals surface area (Å²) in [4.78, 5) is 0. The lowest BCUT2D eigenvalue weighted by Crippen LogP contribution is -2.16. The Kier molecular flexibility index (Phi) is 6.72. The molecule has 1 aromatic heterocycles. The number of nitrogens with zero attached hydrogens (tertiary/aromatic N) is 2. The van der Waals surface area contributed by atoms with Gasteiger partial charge in [0.1, 0.15) is 0 Å². The van der Waals surface area contributed by atoms with Gasteiger partial charge in [-0.15, -0.1) is 0 Å². The van der Waals surface area contributed by atoms with Crippen molar-refractivity contribution >= 4 is 18.8 Å². The van der Waals surface area contributed by atoms with Crippen LogP contribution < -0.4 is 10.6 Å². The Balaban J connectivity index is 1.41. The summed E-state index contributed by atoms with van der Waals surface area (Å²) >= 11 is 0. The van der Waals surface area contributed by atoms with E-state index in [1.54, 1.807) is 0 Å². The van der Waals surface area contributed by atoms with E-state index in [1.807, 2.05) is 36.4 Å². The molecule has 1 heterocycles. The molecule has 0 aliphatic carbocycles. The highest BCUT2D eigenvalue weighted by molar-refractivity contribution is 7.68. The molecule has 4 aromatic carbocycles. The molecular formula is C29H25N2OP. The lowest BCUT2D eigenvalue weighted by atomic mass is 10.1. The standard InChI is InChI=1S/C29H25N2OP/c1-5-13-24(14-6-1)28-23-29(25-15-7-2-8-16-25)31(30-28)21-22-32-33(26-17-9-3-10-18-26)27-19-11-4-12-20-27/h1-20,23H,21-22H2. The van der Waals surface area contributed by atoms with E-state index in [0.717, 1.165) is 22.5 Å². The molecular weight excluding hydrogens is 423 g/mol. The van der Waals surface area contributed by atoms with E-state index in [1.165, 1.54) is 10.6 Å². The fourth-order valence-electron chi connectivity index (χ4n) is 3.82. The van der Waals surface area contributed by atoms with Crippen LogP contribution in [0.5, 0.6) is 0 Å². The molecule has 3 nitrogen and oxygen atoms in total. The van der Waals surface area contributed by atoms with Gasteiger partial charge >= 0.3 is 0 Å². The number of aromatic nitrogens is 2. The molecule has 0 radical (unpaired) electrons. The van der Waals surface area contributed by atoms with Crippen LogP contribution in [0.4, 0.5) is 0 Å². The summed E-state index contributed by atoms with van der Waals surface area (Å²) < 4.78 is 8.60. The Morgan fingerprint density at radius 1 is 0.606 bits per heavy atom. The lowest BCUT2D eigenvalue weighted by Gasteiger charge is -2.19. The van der Waals surface area contributed by atoms with E-state index >= 15 is 0 Å². The first-order valence-electron chi connectivity index (χ1n) is 11.1. The van der Waals surface area contributed by atoms with Crippen molar-refractivity contribution in [1.29, 1.82) is 0 Å². The van der Waals surface area contributed by atoms with Crippen LogP contribution in [0.3, 0.4) is 0 Å². The second kappa shape index (κ2) is 10.4. The van der Waals surface area contributed by atoms with Crippen LogP contribution in [0.2, 0.25) is 0 Å². The molecule has 5 aromatic rings. The molecule has 162 valence electrons. The van der Waals surface area contributed by atoms with Gasteiger partial charge in [-0.25, -0.2) is 0 Å². The molecule has 5 rings (SSSR count). The van der Waals surface area contributed by atoms with Gasteiger partial charge in [0.2, 0.25) is 0 Å². The van der Waals surface area contributed by atoms with Gasteiger partial charge in [0.25, 0.3) is 0 Å². The summed E-state index contributed by atoms with van der Waals surface area (Å²) in [6.45, 7) is 1.25. The summed E-state index contributed by atoms with van der Waals surface area (Å²) in [5, 5.41) is 7.37. The molecule has 0 bridgehead atoms. The molecule has 0 saturated heterocycles. The van der Waals surface area contributed by atoms with Gasteiger partial charge in [-0.2, -0.15) is 5.10 Å². The highest BCUT2D eigenvalue weighted by atomic mass is 31.1. The topological polar surface area (TPSA) is 27.1 Å². The van der Waals surface area contributed by atoms with Crippen LogP contribution in [-0.4, -0.2) is 16.4 Å². The molecule has 0 N–H and O–H groups in total. The Morgan fingerprint density at radius 3 is 1.64 bits per heavy atom. The van der Waals surface area contributed by atoms with E-state index in [-0.39, 0.29) is 0 Å². The average Bonchev–Trinajstić information content (AvgIpc) is 3.33. The summed E-state index contributed by atoms with van der Waals surface area (Å²) in [6.07, 6.45) is 0. The van der Waals surface area contributed by atoms with E-state index < -0.39 is 8.15 Å². The van der Waals surface area contributed by atoms with Crippen LogP contribution in [-0.2, 0) is 11.1 Å². The van der Waals surface area contributed by atoms with Crippen LogP contribution in [0.15, 0.2) is 127 Å². The number of hydrogen-bond donors (Lipinski definition) is 0. The maximum atomic E-state index is 6.53. The first-order chi connectivity index (χ1) is 16.4. The summed E-state index contributed by atoms with van der Waals surface area (Å²) in [7, 11) is -0.889. The van der Waals surface area contributed by atoms with Crippen LogP contribution in [0, 0.1) is 0 Å². The smallest absolute Gasteiger partial charge is 0.0929 e. The third-order valence-electron chi connectivity index (χ3n) is 5.42. The molecule has 0 spiro atoms. The fourth-order valence-corrected chi connectivity index (χ4v) is 5.57. The van der Waals surface area contributed by atoms with Crippen LogP contribution >= 0.6 is 8.15 Å². The first-order valence-corrected chi connectivity index (χ1v) is 12.4. The monoisotopic (exact) mass is 448 g/mol. The van der Waals surface area contributed by atoms with Crippen molar-refractivity contribution in [3.63, 3.8) is 0 Å². The van der Waals surface area contributed by atoms with Crippen LogP contribution in [0.1, 0.15) is 0 Å². The third kappa shape index (κ3) is 5.12. The Bertz CT molecular complexity index is 1230. The molecule has 33 heavy (non-hydrogen) atoms. The van der Waals surface area contributed by atoms with Crippen molar-refractivity contribution in [3.8, 4) is 22.5 Å². The fraction of sp³-hybridized carbons (Fsp3) is 0.0690. The Labute approximate surface area is 196 Å². The van der Waals surface area contributed by atoms with Gasteiger partial charge in [0.05, 0.1) is 32.7 Å². The zero-order valence-electron chi connectivity index (χ0n) is 18.3. The lowest BCUT2D eigenvalue weighted by molar-refractivity contribution is 0.328. The van der Waals surface area contributed by atoms with Gasteiger partial charge in [-0.05, 0) is 11.6 Å². The maximum Gasteiger partial charge on any atom is 0.0929 e. The predicted octanol–water partition coefficient (Wildman–Crippen LogP) is 6.28. The molecule has 4 heteroatoms. The highest BCUT2D eigenvalue weighted by Crippen LogP contribution is 2.35. The molecule has 0 fully saturated rings. The normalized spacial score (nSPS) is 11.1. The van der Waals surface area contributed by atoms with Gasteiger partial charge in [-0.1, -0.05) is 121 Å². The second-order valence-electron chi connectivity index (χ2n) is 7.67. The predicted molar refractivity (Wildman–Crippen MR) is 138 cm³/mol. The van der Waals surface area contributed by atoms with Gasteiger partial charge in [0, 0.05) is 16.2 Å². The summed E-state index contributed by atoms with van der Waals surface area (Å²) in [6, 6.07) is 43.9. The van der Waals surface area contributed by atoms with E-state index in [9.17, 15) is 0 Å². The number of rotatable bonds is 8. The Morgan fingerprint density at radius 2 is 1.09 bits per heavy atom. The van der Waals surface area contributed by atoms with E-state index in [4.69, 9.17) is 9.62 Å². The van der Waals surface area contributed by atoms with Crippen molar-refractivity contribution in [2.24, 2.45) is 0 Å². The van der Waals surface area contributed by atoms with Crippen molar-refractivity contribution in [2.45, 2.75) is 6.54 Å². The quantitative estimate of drug-likeness (QED) is 0.261. The third-order valence-corrected chi connectivity index (χ3v) is 7.40. The summed E-state index contributed by atoms with van der Waals surface area (Å²) in [5.74, 6) is 0. The number of hydrogen-bond acceptors (Lipinski definition) is 2. The van der Waals surface area contributed by atoms with Crippen molar-refractivity contribution in [3.05, 3.63) is 127 Å². The minimum Gasteiger partial charge on any atom is -0.348 e. The molecule has 0 unspecified atom stereocenters. The van der Waals surface area contributed by atoms with E-state index in [0.29, 0.717) is 13.2 Å². The molecule has 0 aliphatic rings. The first kappa shape index (κ1) is 21.3. The molecule has 0 saturated carbocycles. The molecule has 0 aliphatic heterocycles. The van der Waals surface area contributed by atoms with Gasteiger partial charge in [-0.3, -0.25) is 4.68 Å². The SMILES string of the molecule is c1ccc(-c2cc(-c3ccccc3)n(CCOP(c3ccccc3)c3ccccc3)n2)cc1. The van der Waals surface area contributed by atoms with Crippen molar-refractivity contribution in [1.82, 2.24) is 9.78 Å². The van der Waals surface area contributed by atoms with Gasteiger partial charge in [0.15, 0.2) is 0 Å². The minimum atomic E-state index is -0.889.